The lowest BCUT2D eigenvalue weighted by atomic mass is 10.0. The van der Waals surface area contributed by atoms with Crippen molar-refractivity contribution in [2.24, 2.45) is 0 Å². The Morgan fingerprint density at radius 1 is 1.38 bits per heavy atom. The molecule has 3 rings (SSSR count). The number of fused-ring (bicyclic) bond motifs is 1. The van der Waals surface area contributed by atoms with Crippen molar-refractivity contribution in [3.05, 3.63) is 50.2 Å². The Morgan fingerprint density at radius 2 is 2.12 bits per heavy atom. The molecule has 1 amide bonds. The van der Waals surface area contributed by atoms with Gasteiger partial charge in [0.15, 0.2) is 0 Å². The molecule has 0 atom stereocenters. The molecule has 2 heterocycles. The topological polar surface area (TPSA) is 71.2 Å². The van der Waals surface area contributed by atoms with Crippen LogP contribution in [-0.2, 0) is 9.53 Å². The van der Waals surface area contributed by atoms with E-state index in [9.17, 15) is 9.59 Å². The van der Waals surface area contributed by atoms with Gasteiger partial charge < -0.3 is 15.0 Å². The smallest absolute Gasteiger partial charge is 0.340 e. The maximum Gasteiger partial charge on any atom is 0.340 e. The van der Waals surface area contributed by atoms with E-state index < -0.39 is 5.97 Å². The summed E-state index contributed by atoms with van der Waals surface area (Å²) in [7, 11) is 0. The largest absolute Gasteiger partial charge is 0.462 e. The third-order valence-corrected chi connectivity index (χ3v) is 4.35. The maximum absolute atomic E-state index is 12.3. The Labute approximate surface area is 152 Å². The molecule has 24 heavy (non-hydrogen) atoms. The van der Waals surface area contributed by atoms with Gasteiger partial charge in [-0.3, -0.25) is 4.79 Å². The van der Waals surface area contributed by atoms with E-state index in [0.29, 0.717) is 33.1 Å². The fourth-order valence-electron chi connectivity index (χ4n) is 2.61. The van der Waals surface area contributed by atoms with Crippen molar-refractivity contribution in [2.45, 2.75) is 13.8 Å². The number of carbonyl (C=O) groups is 2. The summed E-state index contributed by atoms with van der Waals surface area (Å²) in [6.45, 7) is 3.86. The number of ether oxygens (including phenoxy) is 1. The van der Waals surface area contributed by atoms with Crippen LogP contribution in [0.1, 0.15) is 34.2 Å². The van der Waals surface area contributed by atoms with E-state index >= 15 is 0 Å². The minimum atomic E-state index is -0.431. The number of amides is 1. The molecule has 1 aromatic heterocycles. The lowest BCUT2D eigenvalue weighted by Crippen LogP contribution is -2.06. The van der Waals surface area contributed by atoms with Gasteiger partial charge in [-0.2, -0.15) is 0 Å². The van der Waals surface area contributed by atoms with Crippen molar-refractivity contribution < 1.29 is 14.3 Å². The minimum absolute atomic E-state index is 0.271. The van der Waals surface area contributed by atoms with E-state index in [1.807, 2.05) is 13.0 Å². The predicted octanol–water partition coefficient (Wildman–Crippen LogP) is 4.41. The molecule has 0 radical (unpaired) electrons. The summed E-state index contributed by atoms with van der Waals surface area (Å²) >= 11 is 9.56. The highest BCUT2D eigenvalue weighted by molar-refractivity contribution is 9.10. The van der Waals surface area contributed by atoms with Crippen LogP contribution in [0.25, 0.3) is 11.6 Å². The Balaban J connectivity index is 2.11. The van der Waals surface area contributed by atoms with Gasteiger partial charge in [-0.05, 0) is 38.1 Å². The number of hydrogen-bond donors (Lipinski definition) is 2. The molecular formula is C17H14BrClN2O3. The highest BCUT2D eigenvalue weighted by atomic mass is 79.9. The number of aryl methyl sites for hydroxylation is 1. The lowest BCUT2D eigenvalue weighted by Gasteiger charge is -2.03. The normalized spacial score (nSPS) is 14.7. The second-order valence-corrected chi connectivity index (χ2v) is 6.65. The molecule has 0 bridgehead atoms. The van der Waals surface area contributed by atoms with Crippen molar-refractivity contribution >= 4 is 56.7 Å². The minimum Gasteiger partial charge on any atom is -0.462 e. The van der Waals surface area contributed by atoms with Gasteiger partial charge in [0.25, 0.3) is 5.91 Å². The van der Waals surface area contributed by atoms with Gasteiger partial charge in [0, 0.05) is 15.7 Å². The Hall–Kier alpha value is -2.05. The first kappa shape index (κ1) is 16.8. The summed E-state index contributed by atoms with van der Waals surface area (Å²) in [6.07, 6.45) is 1.64. The molecule has 0 saturated carbocycles. The predicted molar refractivity (Wildman–Crippen MR) is 97.1 cm³/mol. The fourth-order valence-corrected chi connectivity index (χ4v) is 3.46. The Kier molecular flexibility index (Phi) is 4.51. The van der Waals surface area contributed by atoms with Crippen LogP contribution in [0, 0.1) is 6.92 Å². The lowest BCUT2D eigenvalue weighted by molar-refractivity contribution is -0.110. The third-order valence-electron chi connectivity index (χ3n) is 3.60. The maximum atomic E-state index is 12.3. The van der Waals surface area contributed by atoms with Crippen molar-refractivity contribution in [3.63, 3.8) is 0 Å². The number of aromatic amines is 1. The summed E-state index contributed by atoms with van der Waals surface area (Å²) in [5.41, 5.74) is 3.40. The van der Waals surface area contributed by atoms with Gasteiger partial charge in [-0.25, -0.2) is 4.79 Å². The second-order valence-electron chi connectivity index (χ2n) is 5.32. The van der Waals surface area contributed by atoms with E-state index in [2.05, 4.69) is 26.2 Å². The Morgan fingerprint density at radius 3 is 2.83 bits per heavy atom. The van der Waals surface area contributed by atoms with Gasteiger partial charge in [0.1, 0.15) is 0 Å². The quantitative estimate of drug-likeness (QED) is 0.583. The van der Waals surface area contributed by atoms with E-state index in [-0.39, 0.29) is 12.5 Å². The van der Waals surface area contributed by atoms with Gasteiger partial charge in [-0.1, -0.05) is 27.5 Å². The number of rotatable bonds is 3. The number of anilines is 1. The molecule has 0 fully saturated rings. The molecule has 0 aliphatic carbocycles. The zero-order valence-electron chi connectivity index (χ0n) is 13.0. The van der Waals surface area contributed by atoms with Crippen molar-refractivity contribution in [3.8, 4) is 0 Å². The molecule has 1 aromatic carbocycles. The first-order chi connectivity index (χ1) is 11.4. The molecule has 7 heteroatoms. The van der Waals surface area contributed by atoms with Crippen LogP contribution in [0.3, 0.4) is 0 Å². The van der Waals surface area contributed by atoms with Crippen LogP contribution in [-0.4, -0.2) is 23.5 Å². The van der Waals surface area contributed by atoms with Crippen LogP contribution in [0.15, 0.2) is 22.7 Å². The molecular weight excluding hydrogens is 396 g/mol. The van der Waals surface area contributed by atoms with Gasteiger partial charge in [-0.15, -0.1) is 0 Å². The number of esters is 1. The first-order valence-corrected chi connectivity index (χ1v) is 8.47. The summed E-state index contributed by atoms with van der Waals surface area (Å²) in [5.74, 6) is -0.702. The SMILES string of the molecule is CCOC(=O)c1cc(C)[nH]c1/C=C1\C(=O)Nc2c(Cl)cc(Br)cc21. The highest BCUT2D eigenvalue weighted by Crippen LogP contribution is 2.40. The third kappa shape index (κ3) is 2.99. The van der Waals surface area contributed by atoms with Crippen molar-refractivity contribution in [2.75, 3.05) is 11.9 Å². The zero-order chi connectivity index (χ0) is 17.4. The van der Waals surface area contributed by atoms with E-state index in [1.165, 1.54) is 0 Å². The van der Waals surface area contributed by atoms with Crippen LogP contribution >= 0.6 is 27.5 Å². The highest BCUT2D eigenvalue weighted by Gasteiger charge is 2.27. The van der Waals surface area contributed by atoms with Crippen LogP contribution < -0.4 is 5.32 Å². The molecule has 2 aromatic rings. The molecule has 0 spiro atoms. The van der Waals surface area contributed by atoms with E-state index in [4.69, 9.17) is 16.3 Å². The monoisotopic (exact) mass is 408 g/mol. The average Bonchev–Trinajstić information content (AvgIpc) is 3.02. The standard InChI is InChI=1S/C17H14BrClN2O3/c1-3-24-17(23)12-4-8(2)20-14(12)7-11-10-5-9(18)6-13(19)15(10)21-16(11)22/h4-7,20H,3H2,1-2H3,(H,21,22)/b11-7-. The number of hydrogen-bond acceptors (Lipinski definition) is 3. The van der Waals surface area contributed by atoms with Crippen LogP contribution in [0.2, 0.25) is 5.02 Å². The van der Waals surface area contributed by atoms with Gasteiger partial charge >= 0.3 is 5.97 Å². The van der Waals surface area contributed by atoms with E-state index in [1.54, 1.807) is 25.1 Å². The van der Waals surface area contributed by atoms with Crippen molar-refractivity contribution in [1.82, 2.24) is 4.98 Å². The summed E-state index contributed by atoms with van der Waals surface area (Å²) in [6, 6.07) is 5.23. The molecule has 1 aliphatic rings. The molecule has 5 nitrogen and oxygen atoms in total. The molecule has 124 valence electrons. The van der Waals surface area contributed by atoms with Gasteiger partial charge in [0.05, 0.1) is 34.1 Å². The van der Waals surface area contributed by atoms with Crippen LogP contribution in [0.4, 0.5) is 5.69 Å². The number of carbonyl (C=O) groups excluding carboxylic acids is 2. The summed E-state index contributed by atoms with van der Waals surface area (Å²) in [5, 5.41) is 3.20. The fraction of sp³-hybridized carbons (Fsp3) is 0.176. The number of nitrogens with one attached hydrogen (secondary N) is 2. The number of benzene rings is 1. The second kappa shape index (κ2) is 6.45. The Bertz CT molecular complexity index is 886. The molecule has 0 saturated heterocycles. The number of H-pyrrole nitrogens is 1. The summed E-state index contributed by atoms with van der Waals surface area (Å²) < 4.78 is 5.83. The van der Waals surface area contributed by atoms with Gasteiger partial charge in [0.2, 0.25) is 0 Å². The van der Waals surface area contributed by atoms with E-state index in [0.717, 1.165) is 10.2 Å². The summed E-state index contributed by atoms with van der Waals surface area (Å²) in [4.78, 5) is 27.5. The molecule has 0 unspecified atom stereocenters. The molecule has 2 N–H and O–H groups in total. The zero-order valence-corrected chi connectivity index (χ0v) is 15.3. The average molecular weight is 410 g/mol. The van der Waals surface area contributed by atoms with Crippen LogP contribution in [0.5, 0.6) is 0 Å². The first-order valence-electron chi connectivity index (χ1n) is 7.30. The molecule has 1 aliphatic heterocycles. The van der Waals surface area contributed by atoms with Crippen molar-refractivity contribution in [1.29, 1.82) is 0 Å². The number of aromatic nitrogens is 1. The number of halogens is 2.